The number of nitrogens with zero attached hydrogens (tertiary/aromatic N) is 1. The lowest BCUT2D eigenvalue weighted by Gasteiger charge is -2.16. The predicted octanol–water partition coefficient (Wildman–Crippen LogP) is 3.76. The van der Waals surface area contributed by atoms with Crippen molar-refractivity contribution >= 4 is 11.8 Å². The number of unbranched alkanes of at least 4 members (excludes halogenated alkanes) is 1. The molecule has 1 aromatic rings. The summed E-state index contributed by atoms with van der Waals surface area (Å²) in [6.07, 6.45) is 6.32. The number of hydrogen-bond acceptors (Lipinski definition) is 2. The molecule has 1 heterocycles. The Morgan fingerprint density at radius 3 is 2.58 bits per heavy atom. The van der Waals surface area contributed by atoms with E-state index >= 15 is 0 Å². The maximum atomic E-state index is 12.3. The highest BCUT2D eigenvalue weighted by Crippen LogP contribution is 2.15. The Kier molecular flexibility index (Phi) is 7.29. The van der Waals surface area contributed by atoms with Crippen molar-refractivity contribution in [3.05, 3.63) is 35.4 Å². The van der Waals surface area contributed by atoms with Crippen molar-refractivity contribution in [1.29, 1.82) is 0 Å². The molecule has 132 valence electrons. The van der Waals surface area contributed by atoms with Gasteiger partial charge in [-0.15, -0.1) is 0 Å². The molecule has 0 radical (unpaired) electrons. The van der Waals surface area contributed by atoms with Crippen LogP contribution in [-0.4, -0.2) is 29.8 Å². The van der Waals surface area contributed by atoms with Crippen molar-refractivity contribution in [3.8, 4) is 0 Å². The molecule has 24 heavy (non-hydrogen) atoms. The first-order valence-electron chi connectivity index (χ1n) is 9.29. The Morgan fingerprint density at radius 2 is 2.00 bits per heavy atom. The molecule has 1 saturated heterocycles. The van der Waals surface area contributed by atoms with Crippen LogP contribution in [0.25, 0.3) is 0 Å². The van der Waals surface area contributed by atoms with E-state index in [9.17, 15) is 9.59 Å². The quantitative estimate of drug-likeness (QED) is 0.749. The van der Waals surface area contributed by atoms with Gasteiger partial charge in [-0.2, -0.15) is 0 Å². The summed E-state index contributed by atoms with van der Waals surface area (Å²) in [6, 6.07) is 7.63. The molecule has 0 spiro atoms. The SMILES string of the molecule is CCCC[C@@H](CC)CNC(=O)c1ccc(CN2CCCC2=O)cc1. The number of likely N-dealkylation sites (tertiary alicyclic amines) is 1. The number of amides is 2. The number of benzene rings is 1. The van der Waals surface area contributed by atoms with Crippen molar-refractivity contribution < 1.29 is 9.59 Å². The van der Waals surface area contributed by atoms with Crippen LogP contribution in [-0.2, 0) is 11.3 Å². The Bertz CT molecular complexity index is 539. The highest BCUT2D eigenvalue weighted by molar-refractivity contribution is 5.94. The minimum absolute atomic E-state index is 0.00579. The zero-order valence-corrected chi connectivity index (χ0v) is 15.0. The number of carbonyl (C=O) groups is 2. The van der Waals surface area contributed by atoms with E-state index in [0.29, 0.717) is 24.4 Å². The third-order valence-corrected chi connectivity index (χ3v) is 4.86. The van der Waals surface area contributed by atoms with Crippen molar-refractivity contribution in [2.75, 3.05) is 13.1 Å². The van der Waals surface area contributed by atoms with Gasteiger partial charge in [0.2, 0.25) is 5.91 Å². The third kappa shape index (κ3) is 5.36. The molecule has 1 fully saturated rings. The van der Waals surface area contributed by atoms with Gasteiger partial charge in [0.25, 0.3) is 5.91 Å². The van der Waals surface area contributed by atoms with E-state index < -0.39 is 0 Å². The van der Waals surface area contributed by atoms with E-state index in [0.717, 1.165) is 31.5 Å². The molecular weight excluding hydrogens is 300 g/mol. The molecule has 1 aliphatic heterocycles. The van der Waals surface area contributed by atoms with Crippen LogP contribution in [0, 0.1) is 5.92 Å². The maximum absolute atomic E-state index is 12.3. The van der Waals surface area contributed by atoms with Crippen LogP contribution in [0.2, 0.25) is 0 Å². The number of rotatable bonds is 9. The summed E-state index contributed by atoms with van der Waals surface area (Å²) in [4.78, 5) is 25.8. The molecular formula is C20H30N2O2. The second kappa shape index (κ2) is 9.45. The average Bonchev–Trinajstić information content (AvgIpc) is 3.00. The van der Waals surface area contributed by atoms with Crippen LogP contribution in [0.5, 0.6) is 0 Å². The van der Waals surface area contributed by atoms with Gasteiger partial charge in [-0.3, -0.25) is 9.59 Å². The Hall–Kier alpha value is -1.84. The van der Waals surface area contributed by atoms with Crippen LogP contribution in [0.3, 0.4) is 0 Å². The molecule has 4 heteroatoms. The van der Waals surface area contributed by atoms with Gasteiger partial charge in [0.05, 0.1) is 0 Å². The monoisotopic (exact) mass is 330 g/mol. The molecule has 0 unspecified atom stereocenters. The van der Waals surface area contributed by atoms with Gasteiger partial charge in [-0.25, -0.2) is 0 Å². The van der Waals surface area contributed by atoms with E-state index in [2.05, 4.69) is 19.2 Å². The number of nitrogens with one attached hydrogen (secondary N) is 1. The first-order chi connectivity index (χ1) is 11.6. The van der Waals surface area contributed by atoms with Gasteiger partial charge in [0.1, 0.15) is 0 Å². The molecule has 0 bridgehead atoms. The molecule has 2 amide bonds. The van der Waals surface area contributed by atoms with Crippen molar-refractivity contribution in [1.82, 2.24) is 10.2 Å². The highest BCUT2D eigenvalue weighted by atomic mass is 16.2. The normalized spacial score (nSPS) is 15.6. The van der Waals surface area contributed by atoms with E-state index in [-0.39, 0.29) is 11.8 Å². The molecule has 4 nitrogen and oxygen atoms in total. The summed E-state index contributed by atoms with van der Waals surface area (Å²) >= 11 is 0. The summed E-state index contributed by atoms with van der Waals surface area (Å²) in [5.74, 6) is 0.789. The van der Waals surface area contributed by atoms with E-state index in [4.69, 9.17) is 0 Å². The average molecular weight is 330 g/mol. The zero-order chi connectivity index (χ0) is 17.4. The van der Waals surface area contributed by atoms with Crippen molar-refractivity contribution in [2.45, 2.75) is 58.9 Å². The van der Waals surface area contributed by atoms with Gasteiger partial charge in [0, 0.05) is 31.6 Å². The fourth-order valence-electron chi connectivity index (χ4n) is 3.14. The number of carbonyl (C=O) groups excluding carboxylic acids is 2. The van der Waals surface area contributed by atoms with Crippen LogP contribution < -0.4 is 5.32 Å². The summed E-state index contributed by atoms with van der Waals surface area (Å²) in [5, 5.41) is 3.06. The Balaban J connectivity index is 1.83. The Morgan fingerprint density at radius 1 is 1.25 bits per heavy atom. The second-order valence-electron chi connectivity index (χ2n) is 6.74. The standard InChI is InChI=1S/C20H30N2O2/c1-3-5-7-16(4-2)14-21-20(24)18-11-9-17(10-12-18)15-22-13-6-8-19(22)23/h9-12,16H,3-8,13-15H2,1-2H3,(H,21,24)/t16-/m1/s1. The third-order valence-electron chi connectivity index (χ3n) is 4.86. The summed E-state index contributed by atoms with van der Waals surface area (Å²) in [6.45, 7) is 6.62. The first kappa shape index (κ1) is 18.5. The minimum atomic E-state index is -0.00579. The largest absolute Gasteiger partial charge is 0.352 e. The summed E-state index contributed by atoms with van der Waals surface area (Å²) in [5.41, 5.74) is 1.77. The van der Waals surface area contributed by atoms with Gasteiger partial charge in [-0.1, -0.05) is 45.2 Å². The molecule has 1 atom stereocenters. The fourth-order valence-corrected chi connectivity index (χ4v) is 3.14. The lowest BCUT2D eigenvalue weighted by atomic mass is 9.99. The van der Waals surface area contributed by atoms with Gasteiger partial charge in [0.15, 0.2) is 0 Å². The molecule has 0 aliphatic carbocycles. The van der Waals surface area contributed by atoms with Crippen molar-refractivity contribution in [2.24, 2.45) is 5.92 Å². The van der Waals surface area contributed by atoms with E-state index in [1.165, 1.54) is 19.3 Å². The Labute approximate surface area is 145 Å². The lowest BCUT2D eigenvalue weighted by Crippen LogP contribution is -2.29. The highest BCUT2D eigenvalue weighted by Gasteiger charge is 2.20. The molecule has 0 aromatic heterocycles. The first-order valence-corrected chi connectivity index (χ1v) is 9.29. The lowest BCUT2D eigenvalue weighted by molar-refractivity contribution is -0.128. The molecule has 1 N–H and O–H groups in total. The summed E-state index contributed by atoms with van der Waals surface area (Å²) < 4.78 is 0. The molecule has 2 rings (SSSR count). The fraction of sp³-hybridized carbons (Fsp3) is 0.600. The van der Waals surface area contributed by atoms with Gasteiger partial charge < -0.3 is 10.2 Å². The minimum Gasteiger partial charge on any atom is -0.352 e. The topological polar surface area (TPSA) is 49.4 Å². The maximum Gasteiger partial charge on any atom is 0.251 e. The van der Waals surface area contributed by atoms with Crippen LogP contribution in [0.4, 0.5) is 0 Å². The van der Waals surface area contributed by atoms with Crippen LogP contribution in [0.1, 0.15) is 68.3 Å². The van der Waals surface area contributed by atoms with Crippen molar-refractivity contribution in [3.63, 3.8) is 0 Å². The van der Waals surface area contributed by atoms with Crippen LogP contribution >= 0.6 is 0 Å². The molecule has 1 aromatic carbocycles. The molecule has 0 saturated carbocycles. The number of hydrogen-bond donors (Lipinski definition) is 1. The smallest absolute Gasteiger partial charge is 0.251 e. The second-order valence-corrected chi connectivity index (χ2v) is 6.74. The predicted molar refractivity (Wildman–Crippen MR) is 96.7 cm³/mol. The van der Waals surface area contributed by atoms with E-state index in [1.807, 2.05) is 29.2 Å². The van der Waals surface area contributed by atoms with Gasteiger partial charge in [-0.05, 0) is 36.5 Å². The van der Waals surface area contributed by atoms with E-state index in [1.54, 1.807) is 0 Å². The summed E-state index contributed by atoms with van der Waals surface area (Å²) in [7, 11) is 0. The zero-order valence-electron chi connectivity index (χ0n) is 15.0. The molecule has 1 aliphatic rings. The van der Waals surface area contributed by atoms with Crippen LogP contribution in [0.15, 0.2) is 24.3 Å². The van der Waals surface area contributed by atoms with Gasteiger partial charge >= 0.3 is 0 Å².